The molecule has 0 aliphatic carbocycles. The first kappa shape index (κ1) is 26.8. The van der Waals surface area contributed by atoms with Gasteiger partial charge in [-0.25, -0.2) is 24.2 Å². The summed E-state index contributed by atoms with van der Waals surface area (Å²) in [7, 11) is 2.17. The molecule has 2 aromatic rings. The smallest absolute Gasteiger partial charge is 0.328 e. The van der Waals surface area contributed by atoms with E-state index in [1.807, 2.05) is 6.07 Å². The van der Waals surface area contributed by atoms with Gasteiger partial charge in [0.25, 0.3) is 0 Å². The zero-order chi connectivity index (χ0) is 24.8. The highest BCUT2D eigenvalue weighted by atomic mass is 16.4. The standard InChI is InChI=1S/C14H17N3.2C4H4O4/c1-16-8-10-17(11-9-16)14-7-6-12-4-2-3-5-13(12)15-14;2*5-3(6)1-2-4(7)8/h2-7H,8-11H2,1H3;2*1-2H,(H,5,6)(H,7,8). The van der Waals surface area contributed by atoms with Crippen molar-refractivity contribution >= 4 is 40.6 Å². The number of rotatable bonds is 5. The molecule has 4 N–H and O–H groups in total. The van der Waals surface area contributed by atoms with Gasteiger partial charge in [0.05, 0.1) is 5.52 Å². The highest BCUT2D eigenvalue weighted by Gasteiger charge is 2.15. The van der Waals surface area contributed by atoms with Crippen LogP contribution in [0.25, 0.3) is 10.9 Å². The SMILES string of the molecule is CN1CCN(c2ccc3ccccc3n2)CC1.O=C(O)C=CC(=O)O.O=C(O)C=CC(=O)O. The van der Waals surface area contributed by atoms with Crippen LogP contribution in [0.3, 0.4) is 0 Å². The van der Waals surface area contributed by atoms with Gasteiger partial charge in [0.1, 0.15) is 5.82 Å². The number of aromatic nitrogens is 1. The van der Waals surface area contributed by atoms with Gasteiger partial charge in [0, 0.05) is 55.9 Å². The zero-order valence-electron chi connectivity index (χ0n) is 17.9. The topological polar surface area (TPSA) is 169 Å². The Morgan fingerprint density at radius 2 is 1.18 bits per heavy atom. The molecule has 0 unspecified atom stereocenters. The zero-order valence-corrected chi connectivity index (χ0v) is 17.9. The third kappa shape index (κ3) is 11.6. The fourth-order valence-corrected chi connectivity index (χ4v) is 2.55. The molecule has 3 rings (SSSR count). The van der Waals surface area contributed by atoms with Crippen molar-refractivity contribution in [3.05, 3.63) is 60.7 Å². The Bertz CT molecular complexity index is 961. The number of anilines is 1. The third-order valence-corrected chi connectivity index (χ3v) is 4.15. The summed E-state index contributed by atoms with van der Waals surface area (Å²) in [5.41, 5.74) is 1.09. The van der Waals surface area contributed by atoms with Crippen LogP contribution in [0.4, 0.5) is 5.82 Å². The van der Waals surface area contributed by atoms with E-state index >= 15 is 0 Å². The minimum atomic E-state index is -1.26. The van der Waals surface area contributed by atoms with E-state index in [0.29, 0.717) is 24.3 Å². The first-order chi connectivity index (χ1) is 15.6. The molecular weight excluding hydrogens is 434 g/mol. The first-order valence-electron chi connectivity index (χ1n) is 9.65. The number of hydrogen-bond donors (Lipinski definition) is 4. The predicted molar refractivity (Wildman–Crippen MR) is 120 cm³/mol. The molecule has 0 atom stereocenters. The summed E-state index contributed by atoms with van der Waals surface area (Å²) >= 11 is 0. The molecule has 2 heterocycles. The van der Waals surface area contributed by atoms with Crippen molar-refractivity contribution < 1.29 is 39.6 Å². The van der Waals surface area contributed by atoms with Crippen LogP contribution in [0.2, 0.25) is 0 Å². The van der Waals surface area contributed by atoms with Gasteiger partial charge in [0.15, 0.2) is 0 Å². The minimum absolute atomic E-state index is 0.558. The van der Waals surface area contributed by atoms with E-state index in [1.165, 1.54) is 5.39 Å². The molecule has 1 aromatic heterocycles. The van der Waals surface area contributed by atoms with Gasteiger partial charge in [-0.15, -0.1) is 0 Å². The van der Waals surface area contributed by atoms with E-state index in [9.17, 15) is 19.2 Å². The Labute approximate surface area is 189 Å². The fraction of sp³-hybridized carbons (Fsp3) is 0.227. The van der Waals surface area contributed by atoms with Crippen molar-refractivity contribution in [2.45, 2.75) is 0 Å². The molecule has 0 amide bonds. The van der Waals surface area contributed by atoms with Crippen molar-refractivity contribution in [2.24, 2.45) is 0 Å². The number of likely N-dealkylation sites (N-methyl/N-ethyl adjacent to an activating group) is 1. The number of piperazine rings is 1. The van der Waals surface area contributed by atoms with Crippen LogP contribution in [0.1, 0.15) is 0 Å². The second-order valence-electron chi connectivity index (χ2n) is 6.67. The lowest BCUT2D eigenvalue weighted by Crippen LogP contribution is -2.44. The Hall–Kier alpha value is -4.25. The lowest BCUT2D eigenvalue weighted by Gasteiger charge is -2.33. The summed E-state index contributed by atoms with van der Waals surface area (Å²) in [5.74, 6) is -3.92. The molecule has 1 fully saturated rings. The summed E-state index contributed by atoms with van der Waals surface area (Å²) < 4.78 is 0. The van der Waals surface area contributed by atoms with Crippen molar-refractivity contribution in [3.8, 4) is 0 Å². The van der Waals surface area contributed by atoms with Crippen LogP contribution < -0.4 is 4.90 Å². The van der Waals surface area contributed by atoms with Gasteiger partial charge >= 0.3 is 23.9 Å². The summed E-state index contributed by atoms with van der Waals surface area (Å²) in [4.78, 5) is 47.7. The number of fused-ring (bicyclic) bond motifs is 1. The van der Waals surface area contributed by atoms with Crippen LogP contribution in [0.15, 0.2) is 60.7 Å². The number of hydrogen-bond acceptors (Lipinski definition) is 7. The molecule has 1 aromatic carbocycles. The highest BCUT2D eigenvalue weighted by molar-refractivity contribution is 5.90. The van der Waals surface area contributed by atoms with E-state index in [1.54, 1.807) is 0 Å². The number of pyridine rings is 1. The fourth-order valence-electron chi connectivity index (χ4n) is 2.55. The van der Waals surface area contributed by atoms with E-state index in [2.05, 4.69) is 47.2 Å². The molecule has 1 saturated heterocycles. The molecule has 1 aliphatic rings. The number of carbonyl (C=O) groups is 4. The molecule has 0 radical (unpaired) electrons. The number of nitrogens with zero attached hydrogens (tertiary/aromatic N) is 3. The summed E-state index contributed by atoms with van der Waals surface area (Å²) in [6, 6.07) is 12.6. The van der Waals surface area contributed by atoms with Crippen LogP contribution in [0.5, 0.6) is 0 Å². The monoisotopic (exact) mass is 459 g/mol. The average Bonchev–Trinajstić information content (AvgIpc) is 2.77. The maximum Gasteiger partial charge on any atom is 0.328 e. The second-order valence-corrected chi connectivity index (χ2v) is 6.67. The number of benzene rings is 1. The Morgan fingerprint density at radius 3 is 1.64 bits per heavy atom. The van der Waals surface area contributed by atoms with Crippen LogP contribution in [0, 0.1) is 0 Å². The quantitative estimate of drug-likeness (QED) is 0.477. The molecule has 0 saturated carbocycles. The van der Waals surface area contributed by atoms with E-state index in [-0.39, 0.29) is 0 Å². The van der Waals surface area contributed by atoms with Crippen molar-refractivity contribution in [1.29, 1.82) is 0 Å². The van der Waals surface area contributed by atoms with Crippen LogP contribution in [-0.4, -0.2) is 87.4 Å². The molecule has 11 nitrogen and oxygen atoms in total. The summed E-state index contributed by atoms with van der Waals surface area (Å²) in [5, 5.41) is 32.5. The molecular formula is C22H25N3O8. The van der Waals surface area contributed by atoms with E-state index in [4.69, 9.17) is 25.4 Å². The largest absolute Gasteiger partial charge is 0.478 e. The number of carboxylic acids is 4. The highest BCUT2D eigenvalue weighted by Crippen LogP contribution is 2.18. The lowest BCUT2D eigenvalue weighted by molar-refractivity contribution is -0.134. The van der Waals surface area contributed by atoms with Crippen molar-refractivity contribution in [1.82, 2.24) is 9.88 Å². The molecule has 1 aliphatic heterocycles. The Kier molecular flexibility index (Phi) is 11.3. The normalized spacial score (nSPS) is 13.7. The summed E-state index contributed by atoms with van der Waals surface area (Å²) in [6.45, 7) is 4.38. The average molecular weight is 459 g/mol. The first-order valence-corrected chi connectivity index (χ1v) is 9.65. The van der Waals surface area contributed by atoms with Gasteiger partial charge in [0.2, 0.25) is 0 Å². The third-order valence-electron chi connectivity index (χ3n) is 4.15. The predicted octanol–water partition coefficient (Wildman–Crippen LogP) is 1.41. The Balaban J connectivity index is 0.000000288. The van der Waals surface area contributed by atoms with Crippen molar-refractivity contribution in [3.63, 3.8) is 0 Å². The summed E-state index contributed by atoms with van der Waals surface area (Å²) in [6.07, 6.45) is 2.23. The lowest BCUT2D eigenvalue weighted by atomic mass is 10.2. The van der Waals surface area contributed by atoms with Gasteiger partial charge in [-0.05, 0) is 25.2 Å². The van der Waals surface area contributed by atoms with Crippen molar-refractivity contribution in [2.75, 3.05) is 38.1 Å². The molecule has 0 bridgehead atoms. The molecule has 11 heteroatoms. The van der Waals surface area contributed by atoms with Gasteiger partial charge < -0.3 is 30.2 Å². The minimum Gasteiger partial charge on any atom is -0.478 e. The Morgan fingerprint density at radius 1 is 0.727 bits per heavy atom. The number of carboxylic acid groups (broad SMARTS) is 4. The molecule has 176 valence electrons. The van der Waals surface area contributed by atoms with Gasteiger partial charge in [-0.3, -0.25) is 0 Å². The number of aliphatic carboxylic acids is 4. The maximum absolute atomic E-state index is 9.55. The van der Waals surface area contributed by atoms with E-state index in [0.717, 1.165) is 37.5 Å². The van der Waals surface area contributed by atoms with Gasteiger partial charge in [-0.1, -0.05) is 18.2 Å². The number of para-hydroxylation sites is 1. The second kappa shape index (κ2) is 13.9. The molecule has 33 heavy (non-hydrogen) atoms. The molecule has 0 spiro atoms. The van der Waals surface area contributed by atoms with Gasteiger partial charge in [-0.2, -0.15) is 0 Å². The van der Waals surface area contributed by atoms with Crippen LogP contribution >= 0.6 is 0 Å². The van der Waals surface area contributed by atoms with E-state index < -0.39 is 23.9 Å². The van der Waals surface area contributed by atoms with Crippen LogP contribution in [-0.2, 0) is 19.2 Å². The maximum atomic E-state index is 9.55.